The molecule has 0 aliphatic heterocycles. The molecule has 0 radical (unpaired) electrons. The molecule has 0 rings (SSSR count). The van der Waals surface area contributed by atoms with Crippen molar-refractivity contribution in [1.82, 2.24) is 0 Å². The van der Waals surface area contributed by atoms with Gasteiger partial charge in [0.05, 0.1) is 6.10 Å². The van der Waals surface area contributed by atoms with Gasteiger partial charge in [-0.25, -0.2) is 0 Å². The summed E-state index contributed by atoms with van der Waals surface area (Å²) < 4.78 is 5.53. The van der Waals surface area contributed by atoms with Gasteiger partial charge in [0.1, 0.15) is 0 Å². The lowest BCUT2D eigenvalue weighted by Crippen LogP contribution is -2.24. The molecule has 3 N–H and O–H groups in total. The summed E-state index contributed by atoms with van der Waals surface area (Å²) in [6, 6.07) is 0. The highest BCUT2D eigenvalue weighted by Gasteiger charge is 2.05. The molecule has 0 spiro atoms. The minimum atomic E-state index is 0.193. The summed E-state index contributed by atoms with van der Waals surface area (Å²) in [5, 5.41) is 8.59. The van der Waals surface area contributed by atoms with Crippen LogP contribution in [0.25, 0.3) is 0 Å². The zero-order chi connectivity index (χ0) is 10.6. The van der Waals surface area contributed by atoms with E-state index in [1.165, 1.54) is 25.7 Å². The van der Waals surface area contributed by atoms with Crippen LogP contribution in [0.2, 0.25) is 0 Å². The summed E-state index contributed by atoms with van der Waals surface area (Å²) in [7, 11) is 0. The van der Waals surface area contributed by atoms with Crippen molar-refractivity contribution in [3.05, 3.63) is 0 Å². The maximum absolute atomic E-state index is 8.59. The summed E-state index contributed by atoms with van der Waals surface area (Å²) in [5.74, 6) is 0. The lowest BCUT2D eigenvalue weighted by atomic mass is 10.1. The molecular weight excluding hydrogens is 178 g/mol. The van der Waals surface area contributed by atoms with Gasteiger partial charge in [0.25, 0.3) is 0 Å². The second-order valence-electron chi connectivity index (χ2n) is 3.65. The minimum Gasteiger partial charge on any atom is -0.396 e. The van der Waals surface area contributed by atoms with Crippen molar-refractivity contribution in [2.75, 3.05) is 19.8 Å². The Morgan fingerprint density at radius 2 is 2.00 bits per heavy atom. The van der Waals surface area contributed by atoms with Gasteiger partial charge in [-0.1, -0.05) is 32.6 Å². The number of ether oxygens (including phenoxy) is 1. The zero-order valence-corrected chi connectivity index (χ0v) is 9.37. The van der Waals surface area contributed by atoms with Gasteiger partial charge in [-0.3, -0.25) is 0 Å². The van der Waals surface area contributed by atoms with Crippen molar-refractivity contribution < 1.29 is 9.84 Å². The summed E-state index contributed by atoms with van der Waals surface area (Å²) in [5.41, 5.74) is 5.58. The van der Waals surface area contributed by atoms with Crippen molar-refractivity contribution in [2.45, 2.75) is 51.6 Å². The van der Waals surface area contributed by atoms with Crippen LogP contribution in [-0.2, 0) is 4.74 Å². The Bertz CT molecular complexity index is 109. The van der Waals surface area contributed by atoms with Crippen molar-refractivity contribution >= 4 is 0 Å². The molecule has 3 heteroatoms. The van der Waals surface area contributed by atoms with Gasteiger partial charge in [0, 0.05) is 19.8 Å². The first-order chi connectivity index (χ1) is 6.85. The zero-order valence-electron chi connectivity index (χ0n) is 9.37. The smallest absolute Gasteiger partial charge is 0.0697 e. The molecule has 0 bridgehead atoms. The van der Waals surface area contributed by atoms with E-state index in [9.17, 15) is 0 Å². The van der Waals surface area contributed by atoms with E-state index in [0.717, 1.165) is 6.42 Å². The largest absolute Gasteiger partial charge is 0.396 e. The predicted molar refractivity (Wildman–Crippen MR) is 59.3 cm³/mol. The van der Waals surface area contributed by atoms with E-state index in [4.69, 9.17) is 15.6 Å². The Labute approximate surface area is 87.6 Å². The average molecular weight is 203 g/mol. The summed E-state index contributed by atoms with van der Waals surface area (Å²) >= 11 is 0. The molecule has 1 unspecified atom stereocenters. The van der Waals surface area contributed by atoms with Crippen LogP contribution in [0, 0.1) is 0 Å². The van der Waals surface area contributed by atoms with Crippen LogP contribution in [0.4, 0.5) is 0 Å². The molecule has 86 valence electrons. The first-order valence-electron chi connectivity index (χ1n) is 5.77. The number of hydrogen-bond acceptors (Lipinski definition) is 3. The standard InChI is InChI=1S/C11H25NO2/c1-2-3-4-5-7-11(10-12)14-9-6-8-13/h11,13H,2-10,12H2,1H3. The van der Waals surface area contributed by atoms with Gasteiger partial charge in [0.2, 0.25) is 0 Å². The molecule has 0 fully saturated rings. The molecule has 0 aromatic rings. The molecule has 0 aromatic carbocycles. The molecular formula is C11H25NO2. The summed E-state index contributed by atoms with van der Waals surface area (Å²) in [6.45, 7) is 3.63. The lowest BCUT2D eigenvalue weighted by molar-refractivity contribution is 0.0427. The fraction of sp³-hybridized carbons (Fsp3) is 1.00. The first-order valence-corrected chi connectivity index (χ1v) is 5.77. The molecule has 0 saturated carbocycles. The second-order valence-corrected chi connectivity index (χ2v) is 3.65. The SMILES string of the molecule is CCCCCCC(CN)OCCCO. The molecule has 3 nitrogen and oxygen atoms in total. The number of aliphatic hydroxyl groups excluding tert-OH is 1. The number of aliphatic hydroxyl groups is 1. The average Bonchev–Trinajstić information content (AvgIpc) is 2.22. The van der Waals surface area contributed by atoms with Crippen LogP contribution < -0.4 is 5.73 Å². The lowest BCUT2D eigenvalue weighted by Gasteiger charge is -2.15. The van der Waals surface area contributed by atoms with Gasteiger partial charge < -0.3 is 15.6 Å². The van der Waals surface area contributed by atoms with Gasteiger partial charge in [-0.2, -0.15) is 0 Å². The third-order valence-electron chi connectivity index (χ3n) is 2.30. The molecule has 0 heterocycles. The topological polar surface area (TPSA) is 55.5 Å². The highest BCUT2D eigenvalue weighted by Crippen LogP contribution is 2.07. The highest BCUT2D eigenvalue weighted by atomic mass is 16.5. The normalized spacial score (nSPS) is 13.1. The molecule has 0 aliphatic carbocycles. The van der Waals surface area contributed by atoms with E-state index in [-0.39, 0.29) is 12.7 Å². The third kappa shape index (κ3) is 8.48. The van der Waals surface area contributed by atoms with Crippen LogP contribution in [0.15, 0.2) is 0 Å². The Balaban J connectivity index is 3.28. The highest BCUT2D eigenvalue weighted by molar-refractivity contribution is 4.59. The van der Waals surface area contributed by atoms with Crippen LogP contribution in [0.1, 0.15) is 45.4 Å². The van der Waals surface area contributed by atoms with Crippen LogP contribution in [-0.4, -0.2) is 31.0 Å². The number of unbranched alkanes of at least 4 members (excludes halogenated alkanes) is 3. The first kappa shape index (κ1) is 13.9. The quantitative estimate of drug-likeness (QED) is 0.531. The monoisotopic (exact) mass is 203 g/mol. The summed E-state index contributed by atoms with van der Waals surface area (Å²) in [4.78, 5) is 0. The van der Waals surface area contributed by atoms with Gasteiger partial charge in [-0.15, -0.1) is 0 Å². The molecule has 1 atom stereocenters. The fourth-order valence-electron chi connectivity index (χ4n) is 1.38. The van der Waals surface area contributed by atoms with E-state index < -0.39 is 0 Å². The number of nitrogens with two attached hydrogens (primary N) is 1. The van der Waals surface area contributed by atoms with Crippen molar-refractivity contribution in [3.63, 3.8) is 0 Å². The van der Waals surface area contributed by atoms with E-state index in [0.29, 0.717) is 19.6 Å². The number of rotatable bonds is 10. The Morgan fingerprint density at radius 3 is 2.57 bits per heavy atom. The van der Waals surface area contributed by atoms with Crippen molar-refractivity contribution in [2.24, 2.45) is 5.73 Å². The van der Waals surface area contributed by atoms with E-state index in [2.05, 4.69) is 6.92 Å². The van der Waals surface area contributed by atoms with Crippen LogP contribution in [0.3, 0.4) is 0 Å². The minimum absolute atomic E-state index is 0.193. The number of hydrogen-bond donors (Lipinski definition) is 2. The Hall–Kier alpha value is -0.120. The van der Waals surface area contributed by atoms with Gasteiger partial charge in [0.15, 0.2) is 0 Å². The molecule has 0 aromatic heterocycles. The molecule has 0 saturated heterocycles. The third-order valence-corrected chi connectivity index (χ3v) is 2.30. The van der Waals surface area contributed by atoms with Gasteiger partial charge >= 0.3 is 0 Å². The van der Waals surface area contributed by atoms with E-state index >= 15 is 0 Å². The van der Waals surface area contributed by atoms with Crippen LogP contribution >= 0.6 is 0 Å². The second kappa shape index (κ2) is 11.0. The van der Waals surface area contributed by atoms with Crippen LogP contribution in [0.5, 0.6) is 0 Å². The van der Waals surface area contributed by atoms with E-state index in [1.54, 1.807) is 0 Å². The maximum Gasteiger partial charge on any atom is 0.0697 e. The fourth-order valence-corrected chi connectivity index (χ4v) is 1.38. The summed E-state index contributed by atoms with van der Waals surface area (Å²) in [6.07, 6.45) is 7.00. The van der Waals surface area contributed by atoms with Crippen molar-refractivity contribution in [3.8, 4) is 0 Å². The van der Waals surface area contributed by atoms with Crippen molar-refractivity contribution in [1.29, 1.82) is 0 Å². The Morgan fingerprint density at radius 1 is 1.21 bits per heavy atom. The molecule has 0 amide bonds. The van der Waals surface area contributed by atoms with Gasteiger partial charge in [-0.05, 0) is 12.8 Å². The maximum atomic E-state index is 8.59. The predicted octanol–water partition coefficient (Wildman–Crippen LogP) is 1.68. The Kier molecular flexibility index (Phi) is 10.9. The molecule has 0 aliphatic rings. The van der Waals surface area contributed by atoms with E-state index in [1.807, 2.05) is 0 Å². The molecule has 14 heavy (non-hydrogen) atoms.